The van der Waals surface area contributed by atoms with Gasteiger partial charge in [0.15, 0.2) is 0 Å². The quantitative estimate of drug-likeness (QED) is 0.877. The van der Waals surface area contributed by atoms with Crippen LogP contribution in [0, 0.1) is 5.82 Å². The fourth-order valence-corrected chi connectivity index (χ4v) is 2.12. The van der Waals surface area contributed by atoms with Gasteiger partial charge in [-0.3, -0.25) is 4.98 Å². The van der Waals surface area contributed by atoms with E-state index in [1.54, 1.807) is 13.3 Å². The van der Waals surface area contributed by atoms with Crippen LogP contribution in [0.5, 0.6) is 5.75 Å². The zero-order valence-electron chi connectivity index (χ0n) is 11.8. The van der Waals surface area contributed by atoms with Gasteiger partial charge in [-0.05, 0) is 42.3 Å². The second-order valence-corrected chi connectivity index (χ2v) is 4.60. The summed E-state index contributed by atoms with van der Waals surface area (Å²) in [7, 11) is 1.64. The van der Waals surface area contributed by atoms with Crippen LogP contribution in [0.2, 0.25) is 0 Å². The van der Waals surface area contributed by atoms with Gasteiger partial charge in [-0.25, -0.2) is 4.39 Å². The summed E-state index contributed by atoms with van der Waals surface area (Å²) in [6.07, 6.45) is 3.91. The number of aromatic nitrogens is 1. The summed E-state index contributed by atoms with van der Waals surface area (Å²) in [5.41, 5.74) is 1.84. The predicted molar refractivity (Wildman–Crippen MR) is 77.3 cm³/mol. The topological polar surface area (TPSA) is 34.2 Å². The van der Waals surface area contributed by atoms with Gasteiger partial charge in [0.05, 0.1) is 19.3 Å². The zero-order chi connectivity index (χ0) is 14.4. The second kappa shape index (κ2) is 7.01. The second-order valence-electron chi connectivity index (χ2n) is 4.60. The minimum absolute atomic E-state index is 0.0896. The minimum Gasteiger partial charge on any atom is -0.497 e. The molecular formula is C16H19FN2O. The lowest BCUT2D eigenvalue weighted by molar-refractivity contribution is 0.413. The van der Waals surface area contributed by atoms with Gasteiger partial charge in [-0.2, -0.15) is 0 Å². The molecule has 2 rings (SSSR count). The van der Waals surface area contributed by atoms with Gasteiger partial charge in [-0.15, -0.1) is 0 Å². The molecule has 0 aliphatic heterocycles. The van der Waals surface area contributed by atoms with E-state index in [1.807, 2.05) is 24.3 Å². The van der Waals surface area contributed by atoms with Crippen molar-refractivity contribution in [2.75, 3.05) is 13.7 Å². The normalized spacial score (nSPS) is 12.2. The molecule has 1 atom stereocenters. The zero-order valence-corrected chi connectivity index (χ0v) is 11.8. The molecule has 3 nitrogen and oxygen atoms in total. The molecule has 1 N–H and O–H groups in total. The van der Waals surface area contributed by atoms with Gasteiger partial charge in [0.25, 0.3) is 0 Å². The van der Waals surface area contributed by atoms with Crippen molar-refractivity contribution in [3.8, 4) is 5.75 Å². The molecule has 0 bridgehead atoms. The SMILES string of the molecule is CCCNC(c1cncc(F)c1)c1cccc(OC)c1. The summed E-state index contributed by atoms with van der Waals surface area (Å²) in [6.45, 7) is 2.94. The van der Waals surface area contributed by atoms with Gasteiger partial charge in [0.2, 0.25) is 0 Å². The van der Waals surface area contributed by atoms with E-state index in [-0.39, 0.29) is 11.9 Å². The van der Waals surface area contributed by atoms with E-state index < -0.39 is 0 Å². The highest BCUT2D eigenvalue weighted by molar-refractivity contribution is 5.36. The van der Waals surface area contributed by atoms with Crippen LogP contribution in [-0.4, -0.2) is 18.6 Å². The molecule has 1 aromatic heterocycles. The number of nitrogens with one attached hydrogen (secondary N) is 1. The minimum atomic E-state index is -0.325. The van der Waals surface area contributed by atoms with E-state index in [4.69, 9.17) is 4.74 Å². The Hall–Kier alpha value is -1.94. The maximum Gasteiger partial charge on any atom is 0.141 e. The van der Waals surface area contributed by atoms with Gasteiger partial charge < -0.3 is 10.1 Å². The molecule has 0 saturated carbocycles. The number of ether oxygens (including phenoxy) is 1. The number of hydrogen-bond donors (Lipinski definition) is 1. The van der Waals surface area contributed by atoms with Crippen LogP contribution in [0.4, 0.5) is 4.39 Å². The lowest BCUT2D eigenvalue weighted by Crippen LogP contribution is -2.23. The first-order valence-corrected chi connectivity index (χ1v) is 6.72. The third-order valence-corrected chi connectivity index (χ3v) is 3.08. The van der Waals surface area contributed by atoms with E-state index in [0.29, 0.717) is 0 Å². The fourth-order valence-electron chi connectivity index (χ4n) is 2.12. The van der Waals surface area contributed by atoms with Crippen LogP contribution in [0.25, 0.3) is 0 Å². The van der Waals surface area contributed by atoms with Crippen molar-refractivity contribution in [1.82, 2.24) is 10.3 Å². The highest BCUT2D eigenvalue weighted by Gasteiger charge is 2.15. The fraction of sp³-hybridized carbons (Fsp3) is 0.312. The average molecular weight is 274 g/mol. The van der Waals surface area contributed by atoms with Crippen molar-refractivity contribution in [2.24, 2.45) is 0 Å². The Kier molecular flexibility index (Phi) is 5.07. The molecule has 1 unspecified atom stereocenters. The summed E-state index contributed by atoms with van der Waals surface area (Å²) in [6, 6.07) is 9.21. The first-order chi connectivity index (χ1) is 9.74. The predicted octanol–water partition coefficient (Wildman–Crippen LogP) is 3.32. The highest BCUT2D eigenvalue weighted by Crippen LogP contribution is 2.25. The highest BCUT2D eigenvalue weighted by atomic mass is 19.1. The van der Waals surface area contributed by atoms with Gasteiger partial charge in [0.1, 0.15) is 11.6 Å². The number of nitrogens with zero attached hydrogens (tertiary/aromatic N) is 1. The molecule has 1 heterocycles. The molecule has 2 aromatic rings. The Morgan fingerprint density at radius 3 is 2.80 bits per heavy atom. The maximum atomic E-state index is 13.4. The van der Waals surface area contributed by atoms with E-state index in [1.165, 1.54) is 12.3 Å². The molecule has 0 amide bonds. The first kappa shape index (κ1) is 14.5. The van der Waals surface area contributed by atoms with E-state index in [0.717, 1.165) is 29.8 Å². The smallest absolute Gasteiger partial charge is 0.141 e. The molecule has 0 radical (unpaired) electrons. The van der Waals surface area contributed by atoms with Crippen molar-refractivity contribution >= 4 is 0 Å². The maximum absolute atomic E-state index is 13.4. The van der Waals surface area contributed by atoms with Crippen LogP contribution in [0.1, 0.15) is 30.5 Å². The van der Waals surface area contributed by atoms with Crippen molar-refractivity contribution in [3.05, 3.63) is 59.7 Å². The lowest BCUT2D eigenvalue weighted by Gasteiger charge is -2.19. The standard InChI is InChI=1S/C16H19FN2O/c1-3-7-19-16(13-8-14(17)11-18-10-13)12-5-4-6-15(9-12)20-2/h4-6,8-11,16,19H,3,7H2,1-2H3. The summed E-state index contributed by atoms with van der Waals surface area (Å²) in [5, 5.41) is 3.42. The van der Waals surface area contributed by atoms with Crippen LogP contribution in [0.15, 0.2) is 42.7 Å². The number of pyridine rings is 1. The van der Waals surface area contributed by atoms with Crippen molar-refractivity contribution in [3.63, 3.8) is 0 Å². The van der Waals surface area contributed by atoms with Gasteiger partial charge in [0, 0.05) is 6.20 Å². The molecule has 20 heavy (non-hydrogen) atoms. The van der Waals surface area contributed by atoms with E-state index in [2.05, 4.69) is 17.2 Å². The van der Waals surface area contributed by atoms with Crippen LogP contribution in [0.3, 0.4) is 0 Å². The Morgan fingerprint density at radius 2 is 2.10 bits per heavy atom. The lowest BCUT2D eigenvalue weighted by atomic mass is 9.99. The molecule has 0 aliphatic carbocycles. The van der Waals surface area contributed by atoms with Gasteiger partial charge in [-0.1, -0.05) is 19.1 Å². The summed E-state index contributed by atoms with van der Waals surface area (Å²) in [4.78, 5) is 3.94. The third-order valence-electron chi connectivity index (χ3n) is 3.08. The third kappa shape index (κ3) is 3.54. The largest absolute Gasteiger partial charge is 0.497 e. The van der Waals surface area contributed by atoms with Gasteiger partial charge >= 0.3 is 0 Å². The number of benzene rings is 1. The van der Waals surface area contributed by atoms with Crippen molar-refractivity contribution in [2.45, 2.75) is 19.4 Å². The summed E-state index contributed by atoms with van der Waals surface area (Å²) >= 11 is 0. The Labute approximate surface area is 118 Å². The van der Waals surface area contributed by atoms with Crippen molar-refractivity contribution < 1.29 is 9.13 Å². The molecule has 0 aliphatic rings. The molecule has 0 spiro atoms. The van der Waals surface area contributed by atoms with E-state index in [9.17, 15) is 4.39 Å². The van der Waals surface area contributed by atoms with Crippen LogP contribution >= 0.6 is 0 Å². The van der Waals surface area contributed by atoms with Crippen molar-refractivity contribution in [1.29, 1.82) is 0 Å². The van der Waals surface area contributed by atoms with Crippen LogP contribution < -0.4 is 10.1 Å². The molecule has 106 valence electrons. The Balaban J connectivity index is 2.35. The number of halogens is 1. The monoisotopic (exact) mass is 274 g/mol. The molecule has 0 saturated heterocycles. The number of hydrogen-bond acceptors (Lipinski definition) is 3. The Bertz CT molecular complexity index is 560. The van der Waals surface area contributed by atoms with Crippen LogP contribution in [-0.2, 0) is 0 Å². The molecule has 4 heteroatoms. The number of methoxy groups -OCH3 is 1. The van der Waals surface area contributed by atoms with E-state index >= 15 is 0 Å². The molecular weight excluding hydrogens is 255 g/mol. The average Bonchev–Trinajstić information content (AvgIpc) is 2.48. The Morgan fingerprint density at radius 1 is 1.25 bits per heavy atom. The summed E-state index contributed by atoms with van der Waals surface area (Å²) < 4.78 is 18.6. The molecule has 1 aromatic carbocycles. The molecule has 0 fully saturated rings. The first-order valence-electron chi connectivity index (χ1n) is 6.72. The number of rotatable bonds is 6. The summed E-state index contributed by atoms with van der Waals surface area (Å²) in [5.74, 6) is 0.462.